The Balaban J connectivity index is 0.000000336. The van der Waals surface area contributed by atoms with Gasteiger partial charge in [0.05, 0.1) is 12.7 Å². The van der Waals surface area contributed by atoms with Crippen molar-refractivity contribution in [3.63, 3.8) is 0 Å². The lowest BCUT2D eigenvalue weighted by molar-refractivity contribution is -0.104. The summed E-state index contributed by atoms with van der Waals surface area (Å²) in [5.41, 5.74) is 0. The zero-order chi connectivity index (χ0) is 8.97. The maximum absolute atomic E-state index is 5.57. The van der Waals surface area contributed by atoms with Gasteiger partial charge in [-0.05, 0) is 19.4 Å². The Labute approximate surface area is 75.9 Å². The predicted molar refractivity (Wildman–Crippen MR) is 51.4 cm³/mol. The number of fused-ring (bicyclic) bond motifs is 3. The third kappa shape index (κ3) is 1.99. The highest BCUT2D eigenvalue weighted by Crippen LogP contribution is 2.25. The van der Waals surface area contributed by atoms with E-state index in [2.05, 4.69) is 11.8 Å². The Bertz CT molecular complexity index is 119. The first-order valence-electron chi connectivity index (χ1n) is 5.26. The average Bonchev–Trinajstić information content (AvgIpc) is 2.22. The molecule has 0 aromatic heterocycles. The van der Waals surface area contributed by atoms with Crippen molar-refractivity contribution in [2.75, 3.05) is 19.7 Å². The number of piperidine rings is 1. The molecule has 3 aliphatic heterocycles. The molecule has 0 aromatic rings. The molecule has 72 valence electrons. The molecule has 3 rings (SSSR count). The van der Waals surface area contributed by atoms with Gasteiger partial charge < -0.3 is 4.74 Å². The van der Waals surface area contributed by atoms with Crippen LogP contribution >= 0.6 is 0 Å². The summed E-state index contributed by atoms with van der Waals surface area (Å²) in [7, 11) is 0. The quantitative estimate of drug-likeness (QED) is 0.597. The fourth-order valence-electron chi connectivity index (χ4n) is 2.02. The third-order valence-electron chi connectivity index (χ3n) is 2.71. The fraction of sp³-hybridized carbons (Fsp3) is 1.00. The molecule has 2 bridgehead atoms. The molecule has 3 aliphatic rings. The molecule has 0 N–H and O–H groups in total. The van der Waals surface area contributed by atoms with Crippen molar-refractivity contribution < 1.29 is 4.74 Å². The van der Waals surface area contributed by atoms with Crippen molar-refractivity contribution >= 4 is 0 Å². The highest BCUT2D eigenvalue weighted by molar-refractivity contribution is 4.86. The second-order valence-electron chi connectivity index (χ2n) is 3.27. The van der Waals surface area contributed by atoms with Gasteiger partial charge in [-0.15, -0.1) is 0 Å². The summed E-state index contributed by atoms with van der Waals surface area (Å²) < 4.78 is 5.57. The van der Waals surface area contributed by atoms with Crippen LogP contribution in [0.3, 0.4) is 0 Å². The van der Waals surface area contributed by atoms with E-state index >= 15 is 0 Å². The number of ether oxygens (including phenoxy) is 1. The molecule has 2 nitrogen and oxygen atoms in total. The van der Waals surface area contributed by atoms with Crippen molar-refractivity contribution in [1.82, 2.24) is 4.90 Å². The topological polar surface area (TPSA) is 12.5 Å². The number of morpholine rings is 1. The predicted octanol–water partition coefficient (Wildman–Crippen LogP) is 1.90. The number of hydrogen-bond donors (Lipinski definition) is 0. The van der Waals surface area contributed by atoms with Crippen LogP contribution in [0.15, 0.2) is 0 Å². The second kappa shape index (κ2) is 4.83. The summed E-state index contributed by atoms with van der Waals surface area (Å²) in [4.78, 5) is 2.54. The molecule has 12 heavy (non-hydrogen) atoms. The standard InChI is InChI=1S/C8H15NO.C2H6/c1-2-9-5-8-4-3-7(9)6-10-8;1-2/h7-8H,2-6H2,1H3;1-2H3. The first-order valence-corrected chi connectivity index (χ1v) is 5.26. The summed E-state index contributed by atoms with van der Waals surface area (Å²) in [5, 5.41) is 0. The number of rotatable bonds is 1. The van der Waals surface area contributed by atoms with Gasteiger partial charge in [0.25, 0.3) is 0 Å². The summed E-state index contributed by atoms with van der Waals surface area (Å²) in [6.45, 7) is 9.60. The Morgan fingerprint density at radius 2 is 2.08 bits per heavy atom. The van der Waals surface area contributed by atoms with Crippen molar-refractivity contribution in [2.24, 2.45) is 0 Å². The van der Waals surface area contributed by atoms with Crippen molar-refractivity contribution in [1.29, 1.82) is 0 Å². The van der Waals surface area contributed by atoms with Gasteiger partial charge in [0, 0.05) is 12.6 Å². The highest BCUT2D eigenvalue weighted by Gasteiger charge is 2.33. The largest absolute Gasteiger partial charge is 0.375 e. The zero-order valence-corrected chi connectivity index (χ0v) is 8.55. The van der Waals surface area contributed by atoms with Gasteiger partial charge in [-0.25, -0.2) is 0 Å². The molecule has 3 heterocycles. The van der Waals surface area contributed by atoms with Gasteiger partial charge in [-0.3, -0.25) is 4.90 Å². The Kier molecular flexibility index (Phi) is 4.02. The molecule has 0 spiro atoms. The number of hydrogen-bond acceptors (Lipinski definition) is 2. The van der Waals surface area contributed by atoms with E-state index in [1.54, 1.807) is 0 Å². The number of likely N-dealkylation sites (N-methyl/N-ethyl adjacent to an activating group) is 1. The van der Waals surface area contributed by atoms with E-state index in [9.17, 15) is 0 Å². The Morgan fingerprint density at radius 1 is 1.33 bits per heavy atom. The average molecular weight is 171 g/mol. The zero-order valence-electron chi connectivity index (χ0n) is 8.55. The first kappa shape index (κ1) is 10.0. The lowest BCUT2D eigenvalue weighted by Gasteiger charge is -2.44. The molecular formula is C10H21NO. The molecule has 3 saturated heterocycles. The Hall–Kier alpha value is -0.0800. The van der Waals surface area contributed by atoms with Crippen LogP contribution < -0.4 is 0 Å². The minimum atomic E-state index is 0.560. The summed E-state index contributed by atoms with van der Waals surface area (Å²) in [6, 6.07) is 0.745. The van der Waals surface area contributed by atoms with Crippen LogP contribution in [0.2, 0.25) is 0 Å². The maximum Gasteiger partial charge on any atom is 0.0703 e. The first-order chi connectivity index (χ1) is 5.90. The van der Waals surface area contributed by atoms with Crippen LogP contribution in [0.5, 0.6) is 0 Å². The second-order valence-corrected chi connectivity index (χ2v) is 3.27. The minimum Gasteiger partial charge on any atom is -0.375 e. The molecule has 0 amide bonds. The van der Waals surface area contributed by atoms with Crippen molar-refractivity contribution in [3.8, 4) is 0 Å². The fourth-order valence-corrected chi connectivity index (χ4v) is 2.02. The molecule has 0 radical (unpaired) electrons. The Morgan fingerprint density at radius 3 is 2.33 bits per heavy atom. The molecule has 0 aromatic carbocycles. The van der Waals surface area contributed by atoms with Crippen LogP contribution in [0.1, 0.15) is 33.6 Å². The van der Waals surface area contributed by atoms with Crippen LogP contribution in [0.4, 0.5) is 0 Å². The van der Waals surface area contributed by atoms with Gasteiger partial charge in [-0.2, -0.15) is 0 Å². The van der Waals surface area contributed by atoms with Crippen molar-refractivity contribution in [3.05, 3.63) is 0 Å². The van der Waals surface area contributed by atoms with Gasteiger partial charge in [0.15, 0.2) is 0 Å². The van der Waals surface area contributed by atoms with Crippen LogP contribution in [0, 0.1) is 0 Å². The maximum atomic E-state index is 5.57. The van der Waals surface area contributed by atoms with Gasteiger partial charge >= 0.3 is 0 Å². The van der Waals surface area contributed by atoms with E-state index in [4.69, 9.17) is 4.74 Å². The third-order valence-corrected chi connectivity index (χ3v) is 2.71. The smallest absolute Gasteiger partial charge is 0.0703 e. The minimum absolute atomic E-state index is 0.560. The monoisotopic (exact) mass is 171 g/mol. The summed E-state index contributed by atoms with van der Waals surface area (Å²) >= 11 is 0. The highest BCUT2D eigenvalue weighted by atomic mass is 16.5. The van der Waals surface area contributed by atoms with Crippen LogP contribution in [-0.4, -0.2) is 36.7 Å². The van der Waals surface area contributed by atoms with Gasteiger partial charge in [0.1, 0.15) is 0 Å². The summed E-state index contributed by atoms with van der Waals surface area (Å²) in [5.74, 6) is 0. The SMILES string of the molecule is CC.CCN1CC2CCC1CO2. The molecule has 3 fully saturated rings. The lowest BCUT2D eigenvalue weighted by Crippen LogP contribution is -2.54. The molecular weight excluding hydrogens is 150 g/mol. The van der Waals surface area contributed by atoms with E-state index in [0.29, 0.717) is 6.10 Å². The number of nitrogens with zero attached hydrogens (tertiary/aromatic N) is 1. The van der Waals surface area contributed by atoms with Gasteiger partial charge in [-0.1, -0.05) is 20.8 Å². The van der Waals surface area contributed by atoms with E-state index in [1.807, 2.05) is 13.8 Å². The normalized spacial score (nSPS) is 34.2. The molecule has 2 unspecified atom stereocenters. The molecule has 0 aliphatic carbocycles. The molecule has 2 atom stereocenters. The van der Waals surface area contributed by atoms with E-state index < -0.39 is 0 Å². The van der Waals surface area contributed by atoms with E-state index in [1.165, 1.54) is 25.9 Å². The lowest BCUT2D eigenvalue weighted by atomic mass is 9.97. The molecule has 2 heteroatoms. The van der Waals surface area contributed by atoms with Gasteiger partial charge in [0.2, 0.25) is 0 Å². The summed E-state index contributed by atoms with van der Waals surface area (Å²) in [6.07, 6.45) is 3.21. The van der Waals surface area contributed by atoms with Crippen molar-refractivity contribution in [2.45, 2.75) is 45.8 Å². The van der Waals surface area contributed by atoms with Crippen LogP contribution in [0.25, 0.3) is 0 Å². The molecule has 0 saturated carbocycles. The van der Waals surface area contributed by atoms with E-state index in [-0.39, 0.29) is 0 Å². The van der Waals surface area contributed by atoms with Crippen LogP contribution in [-0.2, 0) is 4.74 Å². The van der Waals surface area contributed by atoms with E-state index in [0.717, 1.165) is 12.6 Å².